The van der Waals surface area contributed by atoms with Crippen molar-refractivity contribution in [3.63, 3.8) is 0 Å². The third kappa shape index (κ3) is 5.08. The van der Waals surface area contributed by atoms with Crippen LogP contribution < -0.4 is 14.8 Å². The van der Waals surface area contributed by atoms with Gasteiger partial charge in [0.1, 0.15) is 6.04 Å². The number of fused-ring (bicyclic) bond motifs is 1. The van der Waals surface area contributed by atoms with Crippen LogP contribution in [0.5, 0.6) is 11.5 Å². The lowest BCUT2D eigenvalue weighted by molar-refractivity contribution is -0.131. The molecule has 2 aliphatic rings. The lowest BCUT2D eigenvalue weighted by Crippen LogP contribution is -2.37. The Balaban J connectivity index is 1.37. The number of ether oxygens (including phenoxy) is 2. The van der Waals surface area contributed by atoms with Crippen molar-refractivity contribution in [2.45, 2.75) is 25.6 Å². The van der Waals surface area contributed by atoms with E-state index < -0.39 is 6.04 Å². The summed E-state index contributed by atoms with van der Waals surface area (Å²) in [5.74, 6) is 0.840. The van der Waals surface area contributed by atoms with Gasteiger partial charge in [0.15, 0.2) is 16.6 Å². The number of carbonyl (C=O) groups is 2. The molecular weight excluding hydrogens is 486 g/mol. The van der Waals surface area contributed by atoms with Crippen LogP contribution in [-0.4, -0.2) is 39.6 Å². The maximum absolute atomic E-state index is 13.5. The van der Waals surface area contributed by atoms with E-state index in [0.29, 0.717) is 40.4 Å². The highest BCUT2D eigenvalue weighted by molar-refractivity contribution is 7.80. The zero-order valence-electron chi connectivity index (χ0n) is 18.6. The van der Waals surface area contributed by atoms with Gasteiger partial charge in [0.05, 0.1) is 13.0 Å². The zero-order valence-corrected chi connectivity index (χ0v) is 20.2. The van der Waals surface area contributed by atoms with E-state index in [0.717, 1.165) is 11.1 Å². The van der Waals surface area contributed by atoms with Crippen LogP contribution >= 0.6 is 23.8 Å². The van der Waals surface area contributed by atoms with E-state index in [-0.39, 0.29) is 25.0 Å². The molecule has 2 amide bonds. The molecular formula is C26H22ClN3O4S. The minimum Gasteiger partial charge on any atom is -0.454 e. The molecule has 1 N–H and O–H groups in total. The summed E-state index contributed by atoms with van der Waals surface area (Å²) in [4.78, 5) is 29.8. The van der Waals surface area contributed by atoms with Crippen molar-refractivity contribution in [3.8, 4) is 11.5 Å². The number of amides is 2. The summed E-state index contributed by atoms with van der Waals surface area (Å²) in [7, 11) is 0. The molecule has 1 fully saturated rings. The second-order valence-corrected chi connectivity index (χ2v) is 9.08. The summed E-state index contributed by atoms with van der Waals surface area (Å²) in [5.41, 5.74) is 2.46. The summed E-state index contributed by atoms with van der Waals surface area (Å²) in [5, 5.41) is 3.80. The molecule has 1 atom stereocenters. The van der Waals surface area contributed by atoms with Gasteiger partial charge in [-0.2, -0.15) is 0 Å². The Morgan fingerprint density at radius 1 is 0.971 bits per heavy atom. The predicted octanol–water partition coefficient (Wildman–Crippen LogP) is 4.60. The highest BCUT2D eigenvalue weighted by atomic mass is 35.5. The molecule has 178 valence electrons. The Hall–Kier alpha value is -3.62. The number of halogens is 1. The van der Waals surface area contributed by atoms with Crippen molar-refractivity contribution < 1.29 is 19.1 Å². The SMILES string of the molecule is O=C(CC1C(=O)N(Cc2ccccc2)C(=S)N1Cc1ccc2c(c1)OCO2)Nc1ccc(Cl)cc1. The highest BCUT2D eigenvalue weighted by Crippen LogP contribution is 2.34. The molecule has 5 rings (SSSR count). The summed E-state index contributed by atoms with van der Waals surface area (Å²) in [6.45, 7) is 0.870. The number of hydrogen-bond acceptors (Lipinski definition) is 5. The van der Waals surface area contributed by atoms with Gasteiger partial charge in [-0.15, -0.1) is 0 Å². The fraction of sp³-hybridized carbons (Fsp3) is 0.192. The van der Waals surface area contributed by atoms with Gasteiger partial charge < -0.3 is 19.7 Å². The van der Waals surface area contributed by atoms with Gasteiger partial charge in [-0.1, -0.05) is 48.0 Å². The second kappa shape index (κ2) is 9.93. The summed E-state index contributed by atoms with van der Waals surface area (Å²) < 4.78 is 10.9. The van der Waals surface area contributed by atoms with Crippen LogP contribution in [0.2, 0.25) is 5.02 Å². The Bertz CT molecular complexity index is 1270. The molecule has 9 heteroatoms. The summed E-state index contributed by atoms with van der Waals surface area (Å²) in [6.07, 6.45) is -0.0442. The van der Waals surface area contributed by atoms with Crippen LogP contribution in [-0.2, 0) is 22.7 Å². The minimum atomic E-state index is -0.732. The summed E-state index contributed by atoms with van der Waals surface area (Å²) >= 11 is 11.7. The van der Waals surface area contributed by atoms with Crippen molar-refractivity contribution in [3.05, 3.63) is 88.9 Å². The zero-order chi connectivity index (χ0) is 24.4. The smallest absolute Gasteiger partial charge is 0.252 e. The first-order valence-corrected chi connectivity index (χ1v) is 11.9. The van der Waals surface area contributed by atoms with E-state index in [4.69, 9.17) is 33.3 Å². The van der Waals surface area contributed by atoms with E-state index >= 15 is 0 Å². The average molecular weight is 508 g/mol. The van der Waals surface area contributed by atoms with Gasteiger partial charge in [0.25, 0.3) is 5.91 Å². The predicted molar refractivity (Wildman–Crippen MR) is 136 cm³/mol. The fourth-order valence-electron chi connectivity index (χ4n) is 4.14. The Morgan fingerprint density at radius 3 is 2.49 bits per heavy atom. The topological polar surface area (TPSA) is 71.1 Å². The van der Waals surface area contributed by atoms with E-state index in [1.165, 1.54) is 0 Å². The van der Waals surface area contributed by atoms with Crippen LogP contribution in [0.4, 0.5) is 5.69 Å². The lowest BCUT2D eigenvalue weighted by atomic mass is 10.1. The first-order valence-electron chi connectivity index (χ1n) is 11.1. The highest BCUT2D eigenvalue weighted by Gasteiger charge is 2.43. The fourth-order valence-corrected chi connectivity index (χ4v) is 4.61. The van der Waals surface area contributed by atoms with E-state index in [2.05, 4.69) is 5.32 Å². The standard InChI is InChI=1S/C26H22ClN3O4S/c27-19-7-9-20(10-8-19)28-24(31)13-21-25(32)30(14-17-4-2-1-3-5-17)26(35)29(21)15-18-6-11-22-23(12-18)34-16-33-22/h1-12,21H,13-16H2,(H,28,31). The van der Waals surface area contributed by atoms with Crippen molar-refractivity contribution in [2.24, 2.45) is 0 Å². The number of rotatable bonds is 7. The molecule has 7 nitrogen and oxygen atoms in total. The van der Waals surface area contributed by atoms with Crippen molar-refractivity contribution in [1.29, 1.82) is 0 Å². The van der Waals surface area contributed by atoms with Gasteiger partial charge in [-0.3, -0.25) is 14.5 Å². The molecule has 0 bridgehead atoms. The molecule has 1 saturated heterocycles. The number of hydrogen-bond donors (Lipinski definition) is 1. The molecule has 2 heterocycles. The van der Waals surface area contributed by atoms with Gasteiger partial charge in [0.2, 0.25) is 12.7 Å². The molecule has 0 saturated carbocycles. The summed E-state index contributed by atoms with van der Waals surface area (Å²) in [6, 6.07) is 21.3. The Morgan fingerprint density at radius 2 is 1.71 bits per heavy atom. The monoisotopic (exact) mass is 507 g/mol. The van der Waals surface area contributed by atoms with Gasteiger partial charge in [-0.05, 0) is 59.7 Å². The molecule has 35 heavy (non-hydrogen) atoms. The molecule has 2 aliphatic heterocycles. The van der Waals surface area contributed by atoms with Crippen LogP contribution in [0.25, 0.3) is 0 Å². The number of nitrogens with zero attached hydrogens (tertiary/aromatic N) is 2. The van der Waals surface area contributed by atoms with Gasteiger partial charge in [-0.25, -0.2) is 0 Å². The van der Waals surface area contributed by atoms with Crippen LogP contribution in [0.1, 0.15) is 17.5 Å². The lowest BCUT2D eigenvalue weighted by Gasteiger charge is -2.24. The first kappa shape index (κ1) is 23.1. The molecule has 0 radical (unpaired) electrons. The third-order valence-corrected chi connectivity index (χ3v) is 6.59. The van der Waals surface area contributed by atoms with Crippen LogP contribution in [0, 0.1) is 0 Å². The molecule has 3 aromatic rings. The second-order valence-electron chi connectivity index (χ2n) is 8.28. The molecule has 1 unspecified atom stereocenters. The number of thiocarbonyl (C=S) groups is 1. The third-order valence-electron chi connectivity index (χ3n) is 5.88. The van der Waals surface area contributed by atoms with Crippen molar-refractivity contribution in [2.75, 3.05) is 12.1 Å². The van der Waals surface area contributed by atoms with E-state index in [9.17, 15) is 9.59 Å². The largest absolute Gasteiger partial charge is 0.454 e. The van der Waals surface area contributed by atoms with Gasteiger partial charge in [0, 0.05) is 17.3 Å². The number of anilines is 1. The average Bonchev–Trinajstić information content (AvgIpc) is 3.41. The normalized spacial score (nSPS) is 16.7. The van der Waals surface area contributed by atoms with Crippen molar-refractivity contribution in [1.82, 2.24) is 9.80 Å². The Kier molecular flexibility index (Phi) is 6.57. The van der Waals surface area contributed by atoms with Crippen molar-refractivity contribution >= 4 is 46.4 Å². The molecule has 0 spiro atoms. The Labute approximate surface area is 213 Å². The van der Waals surface area contributed by atoms with Crippen LogP contribution in [0.3, 0.4) is 0 Å². The van der Waals surface area contributed by atoms with Crippen LogP contribution in [0.15, 0.2) is 72.8 Å². The molecule has 3 aromatic carbocycles. The van der Waals surface area contributed by atoms with E-state index in [1.807, 2.05) is 48.5 Å². The quantitative estimate of drug-likeness (QED) is 0.471. The first-order chi connectivity index (χ1) is 17.0. The number of carbonyl (C=O) groups excluding carboxylic acids is 2. The number of nitrogens with one attached hydrogen (secondary N) is 1. The minimum absolute atomic E-state index is 0.0442. The number of benzene rings is 3. The van der Waals surface area contributed by atoms with E-state index in [1.54, 1.807) is 34.1 Å². The van der Waals surface area contributed by atoms with Gasteiger partial charge >= 0.3 is 0 Å². The molecule has 0 aliphatic carbocycles. The maximum Gasteiger partial charge on any atom is 0.252 e. The maximum atomic E-state index is 13.5. The molecule has 0 aromatic heterocycles.